The van der Waals surface area contributed by atoms with Gasteiger partial charge in [-0.1, -0.05) is 24.3 Å². The van der Waals surface area contributed by atoms with Gasteiger partial charge in [0.1, 0.15) is 0 Å². The van der Waals surface area contributed by atoms with Gasteiger partial charge < -0.3 is 0 Å². The van der Waals surface area contributed by atoms with Crippen molar-refractivity contribution in [1.82, 2.24) is 0 Å². The van der Waals surface area contributed by atoms with E-state index in [2.05, 4.69) is 16.4 Å². The molecule has 0 unspecified atom stereocenters. The minimum Gasteiger partial charge on any atom is -0.254 e. The normalized spacial score (nSPS) is 11.6. The summed E-state index contributed by atoms with van der Waals surface area (Å²) in [6.07, 6.45) is -0.458. The molecule has 0 aliphatic heterocycles. The molecule has 0 N–H and O–H groups in total. The van der Waals surface area contributed by atoms with Crippen molar-refractivity contribution in [2.24, 2.45) is 0 Å². The molecule has 0 heterocycles. The van der Waals surface area contributed by atoms with Crippen LogP contribution in [0.15, 0.2) is 24.3 Å². The fourth-order valence-corrected chi connectivity index (χ4v) is 1.70. The van der Waals surface area contributed by atoms with Crippen LogP contribution in [0.1, 0.15) is 11.1 Å². The Labute approximate surface area is 80.0 Å². The van der Waals surface area contributed by atoms with E-state index >= 15 is 0 Å². The van der Waals surface area contributed by atoms with Crippen LogP contribution in [-0.2, 0) is 20.2 Å². The van der Waals surface area contributed by atoms with Gasteiger partial charge in [0.15, 0.2) is 0 Å². The topological polar surface area (TPSA) is 35.5 Å². The molecule has 77 valence electrons. The smallest absolute Gasteiger partial charge is 0.254 e. The molecule has 1 rings (SSSR count). The molecule has 0 spiro atoms. The van der Waals surface area contributed by atoms with Gasteiger partial charge in [-0.3, -0.25) is 4.57 Å². The molecule has 14 heavy (non-hydrogen) atoms. The quantitative estimate of drug-likeness (QED) is 0.731. The zero-order chi connectivity index (χ0) is 10.6. The molecule has 0 bridgehead atoms. The van der Waals surface area contributed by atoms with Crippen molar-refractivity contribution >= 4 is 7.60 Å². The van der Waals surface area contributed by atoms with E-state index in [-0.39, 0.29) is 0 Å². The summed E-state index contributed by atoms with van der Waals surface area (Å²) in [5, 5.41) is 0. The van der Waals surface area contributed by atoms with Crippen molar-refractivity contribution in [2.45, 2.75) is 6.16 Å². The molecule has 3 nitrogen and oxygen atoms in total. The average Bonchev–Trinajstić information content (AvgIpc) is 2.21. The van der Waals surface area contributed by atoms with Crippen LogP contribution in [0.2, 0.25) is 0 Å². The molecule has 0 aromatic heterocycles. The molecule has 1 radical (unpaired) electrons. The second-order valence-corrected chi connectivity index (χ2v) is 4.54. The predicted octanol–water partition coefficient (Wildman–Crippen LogP) is 3.36. The maximum Gasteiger partial charge on any atom is 0.399 e. The molecular formula is C8H8F2O3P. The van der Waals surface area contributed by atoms with E-state index in [1.165, 1.54) is 12.1 Å². The largest absolute Gasteiger partial charge is 0.399 e. The molecule has 0 saturated heterocycles. The molecule has 0 aliphatic carbocycles. The van der Waals surface area contributed by atoms with Gasteiger partial charge in [0.25, 0.3) is 0 Å². The number of hydrogen-bond donors (Lipinski definition) is 0. The summed E-state index contributed by atoms with van der Waals surface area (Å²) in [5.74, 6) is 0. The second-order valence-electron chi connectivity index (χ2n) is 2.72. The highest BCUT2D eigenvalue weighted by molar-refractivity contribution is 7.52. The lowest BCUT2D eigenvalue weighted by molar-refractivity contribution is -0.0881. The molecule has 0 atom stereocenters. The van der Waals surface area contributed by atoms with Gasteiger partial charge in [-0.2, -0.15) is 0 Å². The van der Waals surface area contributed by atoms with Crippen molar-refractivity contribution in [3.63, 3.8) is 0 Å². The van der Waals surface area contributed by atoms with Crippen LogP contribution in [0.25, 0.3) is 0 Å². The maximum absolute atomic E-state index is 11.7. The lowest BCUT2D eigenvalue weighted by atomic mass is 10.2. The predicted molar refractivity (Wildman–Crippen MR) is 46.6 cm³/mol. The monoisotopic (exact) mass is 221 g/mol. The van der Waals surface area contributed by atoms with Gasteiger partial charge in [-0.05, 0) is 27.1 Å². The second kappa shape index (κ2) is 4.64. The van der Waals surface area contributed by atoms with E-state index in [1.54, 1.807) is 12.1 Å². The Hall–Kier alpha value is -0.770. The van der Waals surface area contributed by atoms with Gasteiger partial charge in [-0.15, -0.1) is 9.46 Å². The highest BCUT2D eigenvalue weighted by Gasteiger charge is 2.27. The zero-order valence-electron chi connectivity index (χ0n) is 7.15. The maximum atomic E-state index is 11.7. The molecule has 0 saturated carbocycles. The lowest BCUT2D eigenvalue weighted by Crippen LogP contribution is -1.89. The summed E-state index contributed by atoms with van der Waals surface area (Å²) in [7, 11) is -4.27. The Kier molecular flexibility index (Phi) is 3.75. The van der Waals surface area contributed by atoms with Crippen molar-refractivity contribution in [1.29, 1.82) is 0 Å². The van der Waals surface area contributed by atoms with Crippen LogP contribution in [0, 0.1) is 6.92 Å². The number of halogens is 2. The van der Waals surface area contributed by atoms with E-state index in [9.17, 15) is 13.6 Å². The van der Waals surface area contributed by atoms with E-state index in [0.29, 0.717) is 5.56 Å². The van der Waals surface area contributed by atoms with Crippen molar-refractivity contribution in [3.8, 4) is 0 Å². The first-order valence-electron chi connectivity index (χ1n) is 3.70. The van der Waals surface area contributed by atoms with Gasteiger partial charge in [0.05, 0.1) is 6.16 Å². The van der Waals surface area contributed by atoms with Crippen molar-refractivity contribution in [3.05, 3.63) is 42.3 Å². The summed E-state index contributed by atoms with van der Waals surface area (Å²) >= 11 is 0. The Morgan fingerprint density at radius 1 is 1.21 bits per heavy atom. The summed E-state index contributed by atoms with van der Waals surface area (Å²) in [6, 6.07) is 6.31. The molecule has 1 aromatic rings. The highest BCUT2D eigenvalue weighted by atomic mass is 31.2. The summed E-state index contributed by atoms with van der Waals surface area (Å²) < 4.78 is 40.3. The van der Waals surface area contributed by atoms with E-state index in [1.807, 2.05) is 0 Å². The highest BCUT2D eigenvalue weighted by Crippen LogP contribution is 2.52. The zero-order valence-corrected chi connectivity index (χ0v) is 8.05. The molecule has 0 aliphatic rings. The fourth-order valence-electron chi connectivity index (χ4n) is 0.928. The minimum atomic E-state index is -4.27. The Morgan fingerprint density at radius 2 is 1.71 bits per heavy atom. The van der Waals surface area contributed by atoms with Gasteiger partial charge in [-0.25, -0.2) is 0 Å². The third-order valence-corrected chi connectivity index (χ3v) is 2.78. The van der Waals surface area contributed by atoms with Gasteiger partial charge in [0, 0.05) is 0 Å². The molecule has 1 aromatic carbocycles. The minimum absolute atomic E-state index is 0.441. The lowest BCUT2D eigenvalue weighted by Gasteiger charge is -2.06. The van der Waals surface area contributed by atoms with Crippen LogP contribution >= 0.6 is 7.60 Å². The Morgan fingerprint density at radius 3 is 2.14 bits per heavy atom. The molecule has 6 heteroatoms. The Bertz CT molecular complexity index is 331. The Balaban J connectivity index is 2.78. The van der Waals surface area contributed by atoms with Crippen molar-refractivity contribution < 1.29 is 23.1 Å². The SMILES string of the molecule is [CH2]c1ccc(CP(=O)(OF)OF)cc1. The summed E-state index contributed by atoms with van der Waals surface area (Å²) in [4.78, 5) is 0. The van der Waals surface area contributed by atoms with E-state index < -0.39 is 13.8 Å². The van der Waals surface area contributed by atoms with Crippen LogP contribution in [-0.4, -0.2) is 0 Å². The van der Waals surface area contributed by atoms with Crippen molar-refractivity contribution in [2.75, 3.05) is 0 Å². The molecular weight excluding hydrogens is 213 g/mol. The third-order valence-electron chi connectivity index (χ3n) is 1.61. The third kappa shape index (κ3) is 2.87. The first-order chi connectivity index (χ1) is 6.59. The number of benzene rings is 1. The van der Waals surface area contributed by atoms with Crippen LogP contribution in [0.3, 0.4) is 0 Å². The average molecular weight is 221 g/mol. The van der Waals surface area contributed by atoms with E-state index in [4.69, 9.17) is 0 Å². The number of rotatable bonds is 4. The molecule has 0 fully saturated rings. The van der Waals surface area contributed by atoms with Gasteiger partial charge in [0.2, 0.25) is 0 Å². The van der Waals surface area contributed by atoms with Crippen LogP contribution < -0.4 is 0 Å². The summed E-state index contributed by atoms with van der Waals surface area (Å²) in [6.45, 7) is 3.62. The van der Waals surface area contributed by atoms with Crippen LogP contribution in [0.5, 0.6) is 0 Å². The van der Waals surface area contributed by atoms with Gasteiger partial charge >= 0.3 is 7.60 Å². The standard InChI is InChI=1S/C8H8F2O3P/c1-7-2-4-8(5-3-7)6-14(11,12-9)13-10/h2-5H,1,6H2. The van der Waals surface area contributed by atoms with E-state index in [0.717, 1.165) is 5.56 Å². The number of hydrogen-bond acceptors (Lipinski definition) is 3. The first-order valence-corrected chi connectivity index (χ1v) is 5.43. The van der Waals surface area contributed by atoms with Crippen LogP contribution in [0.4, 0.5) is 9.05 Å². The fraction of sp³-hybridized carbons (Fsp3) is 0.125. The molecule has 0 amide bonds. The summed E-state index contributed by atoms with van der Waals surface area (Å²) in [5.41, 5.74) is 1.18. The first kappa shape index (κ1) is 11.3.